The third kappa shape index (κ3) is 5.28. The van der Waals surface area contributed by atoms with Gasteiger partial charge in [-0.25, -0.2) is 0 Å². The molecule has 3 aromatic carbocycles. The normalized spacial score (nSPS) is 10.7. The van der Waals surface area contributed by atoms with Gasteiger partial charge in [0.1, 0.15) is 0 Å². The van der Waals surface area contributed by atoms with Crippen LogP contribution in [0, 0.1) is 6.92 Å². The molecule has 0 aliphatic heterocycles. The second kappa shape index (κ2) is 10.7. The number of hydrogen-bond donors (Lipinski definition) is 0. The van der Waals surface area contributed by atoms with E-state index in [1.807, 2.05) is 0 Å². The Morgan fingerprint density at radius 2 is 1.77 bits per heavy atom. The number of unbranched alkanes of at least 4 members (excludes halogenated alkanes) is 1. The van der Waals surface area contributed by atoms with Crippen LogP contribution >= 0.6 is 17.0 Å². The molecule has 0 unspecified atom stereocenters. The zero-order valence-corrected chi connectivity index (χ0v) is 20.0. The molecule has 0 spiro atoms. The van der Waals surface area contributed by atoms with Crippen molar-refractivity contribution in [2.75, 3.05) is 0 Å². The third-order valence-electron chi connectivity index (χ3n) is 4.84. The van der Waals surface area contributed by atoms with E-state index < -0.39 is 20.8 Å². The SMILES string of the molecule is CCCCc1cc2c(-c3ccccc3C)c(C(C)C)ccc2[cH-]1.[Cl][Zr][Cl]. The van der Waals surface area contributed by atoms with Crippen molar-refractivity contribution in [3.63, 3.8) is 0 Å². The summed E-state index contributed by atoms with van der Waals surface area (Å²) in [5, 5.41) is 2.82. The average Bonchev–Trinajstić information content (AvgIpc) is 3.03. The zero-order chi connectivity index (χ0) is 19.1. The van der Waals surface area contributed by atoms with E-state index >= 15 is 0 Å². The first-order valence-electron chi connectivity index (χ1n) is 9.27. The Bertz CT molecular complexity index is 833. The Kier molecular flexibility index (Phi) is 9.01. The number of aryl methyl sites for hydroxylation is 2. The van der Waals surface area contributed by atoms with Crippen molar-refractivity contribution in [3.05, 3.63) is 65.2 Å². The fourth-order valence-corrected chi connectivity index (χ4v) is 3.52. The Balaban J connectivity index is 0.000000758. The van der Waals surface area contributed by atoms with Crippen LogP contribution < -0.4 is 0 Å². The number of halogens is 2. The molecule has 0 nitrogen and oxygen atoms in total. The van der Waals surface area contributed by atoms with E-state index in [2.05, 4.69) is 76.2 Å². The average molecular weight is 466 g/mol. The van der Waals surface area contributed by atoms with Crippen molar-refractivity contribution in [2.45, 2.75) is 52.9 Å². The van der Waals surface area contributed by atoms with Crippen molar-refractivity contribution >= 4 is 27.8 Å². The van der Waals surface area contributed by atoms with Gasteiger partial charge in [0.2, 0.25) is 0 Å². The maximum absolute atomic E-state index is 4.93. The van der Waals surface area contributed by atoms with Crippen LogP contribution in [0.3, 0.4) is 0 Å². The molecule has 0 heterocycles. The number of benzene rings is 2. The predicted molar refractivity (Wildman–Crippen MR) is 114 cm³/mol. The van der Waals surface area contributed by atoms with Gasteiger partial charge in [-0.3, -0.25) is 0 Å². The minimum absolute atomic E-state index is 0.531. The van der Waals surface area contributed by atoms with Gasteiger partial charge in [-0.15, -0.1) is 34.5 Å². The minimum atomic E-state index is -0.826. The molecule has 0 saturated carbocycles. The Hall–Kier alpha value is -0.487. The molecule has 0 N–H and O–H groups in total. The standard InChI is InChI=1S/C23H27.2ClH.Zr/c1-5-6-10-18-14-19-12-13-20(16(2)3)23(22(19)15-18)21-11-8-7-9-17(21)4;;;/h7-9,11-16H,5-6,10H2,1-4H3;2*1H;/q-1;;;+2/p-2. The predicted octanol–water partition coefficient (Wildman–Crippen LogP) is 8.38. The summed E-state index contributed by atoms with van der Waals surface area (Å²) >= 11 is -0.826. The van der Waals surface area contributed by atoms with Crippen LogP contribution in [-0.4, -0.2) is 0 Å². The van der Waals surface area contributed by atoms with E-state index in [1.165, 1.54) is 57.9 Å². The van der Waals surface area contributed by atoms with E-state index in [4.69, 9.17) is 17.0 Å². The van der Waals surface area contributed by atoms with E-state index in [-0.39, 0.29) is 0 Å². The number of rotatable bonds is 5. The molecule has 138 valence electrons. The molecule has 3 heteroatoms. The van der Waals surface area contributed by atoms with Crippen LogP contribution in [0.1, 0.15) is 56.2 Å². The molecule has 3 aromatic rings. The summed E-state index contributed by atoms with van der Waals surface area (Å²) in [7, 11) is 9.87. The topological polar surface area (TPSA) is 0 Å². The third-order valence-corrected chi connectivity index (χ3v) is 4.84. The van der Waals surface area contributed by atoms with Gasteiger partial charge in [0.15, 0.2) is 0 Å². The van der Waals surface area contributed by atoms with Crippen molar-refractivity contribution in [1.82, 2.24) is 0 Å². The van der Waals surface area contributed by atoms with Crippen LogP contribution in [0.15, 0.2) is 48.5 Å². The van der Waals surface area contributed by atoms with E-state index in [0.717, 1.165) is 0 Å². The van der Waals surface area contributed by atoms with Crippen molar-refractivity contribution in [3.8, 4) is 11.1 Å². The van der Waals surface area contributed by atoms with Crippen molar-refractivity contribution in [1.29, 1.82) is 0 Å². The number of hydrogen-bond acceptors (Lipinski definition) is 0. The molecular formula is C23H27Cl2Zr-. The summed E-state index contributed by atoms with van der Waals surface area (Å²) in [6.45, 7) is 9.07. The first-order chi connectivity index (χ1) is 12.5. The van der Waals surface area contributed by atoms with E-state index in [1.54, 1.807) is 0 Å². The van der Waals surface area contributed by atoms with E-state index in [9.17, 15) is 0 Å². The summed E-state index contributed by atoms with van der Waals surface area (Å²) in [6.07, 6.45) is 3.71. The van der Waals surface area contributed by atoms with Crippen molar-refractivity contribution in [2.24, 2.45) is 0 Å². The second-order valence-electron chi connectivity index (χ2n) is 7.04. The molecule has 0 saturated heterocycles. The van der Waals surface area contributed by atoms with Gasteiger partial charge in [-0.2, -0.15) is 6.07 Å². The molecule has 0 aromatic heterocycles. The van der Waals surface area contributed by atoms with Crippen molar-refractivity contribution < 1.29 is 20.8 Å². The maximum atomic E-state index is 4.93. The Morgan fingerprint density at radius 3 is 2.38 bits per heavy atom. The van der Waals surface area contributed by atoms with Gasteiger partial charge in [0, 0.05) is 0 Å². The first-order valence-corrected chi connectivity index (χ1v) is 15.6. The summed E-state index contributed by atoms with van der Waals surface area (Å²) in [5.41, 5.74) is 7.13. The van der Waals surface area contributed by atoms with Gasteiger partial charge in [-0.05, 0) is 30.4 Å². The van der Waals surface area contributed by atoms with Crippen LogP contribution in [0.2, 0.25) is 0 Å². The van der Waals surface area contributed by atoms with E-state index in [0.29, 0.717) is 5.92 Å². The summed E-state index contributed by atoms with van der Waals surface area (Å²) in [5.74, 6) is 0.531. The molecule has 0 radical (unpaired) electrons. The summed E-state index contributed by atoms with van der Waals surface area (Å²) in [6, 6.07) is 18.2. The molecular weight excluding hydrogens is 438 g/mol. The molecule has 26 heavy (non-hydrogen) atoms. The number of fused-ring (bicyclic) bond motifs is 1. The quantitative estimate of drug-likeness (QED) is 0.332. The van der Waals surface area contributed by atoms with Crippen LogP contribution in [0.5, 0.6) is 0 Å². The Labute approximate surface area is 176 Å². The summed E-state index contributed by atoms with van der Waals surface area (Å²) < 4.78 is 0. The molecule has 3 rings (SSSR count). The molecule has 0 bridgehead atoms. The monoisotopic (exact) mass is 463 g/mol. The fourth-order valence-electron chi connectivity index (χ4n) is 3.52. The zero-order valence-electron chi connectivity index (χ0n) is 16.1. The summed E-state index contributed by atoms with van der Waals surface area (Å²) in [4.78, 5) is 0. The van der Waals surface area contributed by atoms with Gasteiger partial charge < -0.3 is 0 Å². The van der Waals surface area contributed by atoms with Gasteiger partial charge in [-0.1, -0.05) is 69.0 Å². The Morgan fingerprint density at radius 1 is 1.08 bits per heavy atom. The van der Waals surface area contributed by atoms with Gasteiger partial charge in [0.25, 0.3) is 0 Å². The van der Waals surface area contributed by atoms with Crippen LogP contribution in [-0.2, 0) is 27.3 Å². The van der Waals surface area contributed by atoms with Gasteiger partial charge in [0.05, 0.1) is 0 Å². The molecule has 0 atom stereocenters. The molecule has 0 fully saturated rings. The fraction of sp³-hybridized carbons (Fsp3) is 0.348. The first kappa shape index (κ1) is 21.8. The molecule has 0 amide bonds. The van der Waals surface area contributed by atoms with Crippen LogP contribution in [0.4, 0.5) is 0 Å². The molecule has 0 aliphatic carbocycles. The molecule has 0 aliphatic rings. The van der Waals surface area contributed by atoms with Gasteiger partial charge >= 0.3 is 37.9 Å². The second-order valence-corrected chi connectivity index (χ2v) is 10.8. The van der Waals surface area contributed by atoms with Crippen LogP contribution in [0.25, 0.3) is 21.9 Å².